The molecule has 0 spiro atoms. The number of hydrogen-bond donors (Lipinski definition) is 2. The number of unbranched alkanes of at least 4 members (excludes halogenated alkanes) is 1. The SMILES string of the molecule is CCOc1cc([C@H](C)N(CCCCc2ccccc2)C(=O)NC2(C(=O)O)CC(F)(F)C2)cc(OCC)c1C(C)=O. The standard InChI is InChI=1S/C30H38F2N2O6/c1-5-39-24-16-23(17-25(40-6-2)26(24)21(4)35)20(3)34(15-11-10-14-22-12-8-7-9-13-22)28(38)33-29(27(36)37)18-30(31,32)19-29/h7-9,12-13,16-17,20H,5-6,10-11,14-15,18-19H2,1-4H3,(H,33,38)(H,36,37)/t20-/m0/s1. The highest BCUT2D eigenvalue weighted by molar-refractivity contribution is 6.00. The molecule has 40 heavy (non-hydrogen) atoms. The molecule has 0 unspecified atom stereocenters. The van der Waals surface area contributed by atoms with Crippen LogP contribution in [0.5, 0.6) is 11.5 Å². The molecule has 2 N–H and O–H groups in total. The molecule has 3 rings (SSSR count). The van der Waals surface area contributed by atoms with Gasteiger partial charge in [0.1, 0.15) is 17.1 Å². The lowest BCUT2D eigenvalue weighted by molar-refractivity contribution is -0.175. The summed E-state index contributed by atoms with van der Waals surface area (Å²) in [5, 5.41) is 12.1. The van der Waals surface area contributed by atoms with Crippen LogP contribution in [0.15, 0.2) is 42.5 Å². The fourth-order valence-corrected chi connectivity index (χ4v) is 5.04. The highest BCUT2D eigenvalue weighted by Gasteiger charge is 2.62. The molecular weight excluding hydrogens is 522 g/mol. The minimum atomic E-state index is -3.15. The van der Waals surface area contributed by atoms with Crippen LogP contribution in [-0.2, 0) is 11.2 Å². The molecule has 0 saturated heterocycles. The van der Waals surface area contributed by atoms with Crippen molar-refractivity contribution in [2.24, 2.45) is 0 Å². The van der Waals surface area contributed by atoms with E-state index in [0.29, 0.717) is 42.3 Å². The maximum atomic E-state index is 13.7. The van der Waals surface area contributed by atoms with Crippen LogP contribution < -0.4 is 14.8 Å². The van der Waals surface area contributed by atoms with Gasteiger partial charge in [-0.2, -0.15) is 0 Å². The molecule has 2 aromatic rings. The lowest BCUT2D eigenvalue weighted by Gasteiger charge is -2.45. The van der Waals surface area contributed by atoms with Crippen LogP contribution >= 0.6 is 0 Å². The number of aliphatic carboxylic acids is 1. The highest BCUT2D eigenvalue weighted by atomic mass is 19.3. The Morgan fingerprint density at radius 2 is 1.60 bits per heavy atom. The van der Waals surface area contributed by atoms with Crippen LogP contribution in [0.1, 0.15) is 80.9 Å². The zero-order valence-electron chi connectivity index (χ0n) is 23.5. The number of hydrogen-bond acceptors (Lipinski definition) is 5. The minimum absolute atomic E-state index is 0.240. The van der Waals surface area contributed by atoms with E-state index in [1.54, 1.807) is 32.9 Å². The smallest absolute Gasteiger partial charge is 0.329 e. The molecule has 2 aromatic carbocycles. The number of carbonyl (C=O) groups excluding carboxylic acids is 2. The van der Waals surface area contributed by atoms with Gasteiger partial charge >= 0.3 is 12.0 Å². The lowest BCUT2D eigenvalue weighted by atomic mass is 9.73. The van der Waals surface area contributed by atoms with Crippen molar-refractivity contribution in [3.05, 3.63) is 59.2 Å². The molecule has 1 saturated carbocycles. The van der Waals surface area contributed by atoms with Crippen molar-refractivity contribution >= 4 is 17.8 Å². The third kappa shape index (κ3) is 7.28. The van der Waals surface area contributed by atoms with Crippen molar-refractivity contribution in [2.75, 3.05) is 19.8 Å². The predicted octanol–water partition coefficient (Wildman–Crippen LogP) is 6.03. The second-order valence-electron chi connectivity index (χ2n) is 10.2. The van der Waals surface area contributed by atoms with Gasteiger partial charge < -0.3 is 24.8 Å². The van der Waals surface area contributed by atoms with E-state index in [0.717, 1.165) is 18.4 Å². The van der Waals surface area contributed by atoms with Gasteiger partial charge in [-0.15, -0.1) is 0 Å². The number of nitrogens with one attached hydrogen (secondary N) is 1. The molecule has 1 aliphatic rings. The van der Waals surface area contributed by atoms with E-state index < -0.39 is 42.3 Å². The second-order valence-corrected chi connectivity index (χ2v) is 10.2. The number of ketones is 1. The average Bonchev–Trinajstić information content (AvgIpc) is 2.87. The molecule has 8 nitrogen and oxygen atoms in total. The summed E-state index contributed by atoms with van der Waals surface area (Å²) in [7, 11) is 0. The Morgan fingerprint density at radius 3 is 2.08 bits per heavy atom. The van der Waals surface area contributed by atoms with Gasteiger partial charge in [0.25, 0.3) is 5.92 Å². The molecule has 0 aromatic heterocycles. The Labute approximate surface area is 233 Å². The molecule has 10 heteroatoms. The van der Waals surface area contributed by atoms with Gasteiger partial charge in [-0.05, 0) is 70.2 Å². The average molecular weight is 561 g/mol. The van der Waals surface area contributed by atoms with E-state index in [2.05, 4.69) is 5.32 Å². The van der Waals surface area contributed by atoms with Crippen molar-refractivity contribution < 1.29 is 37.7 Å². The van der Waals surface area contributed by atoms with E-state index in [-0.39, 0.29) is 12.3 Å². The number of alkyl halides is 2. The zero-order valence-corrected chi connectivity index (χ0v) is 23.5. The second kappa shape index (κ2) is 13.1. The fraction of sp³-hybridized carbons (Fsp3) is 0.500. The zero-order chi connectivity index (χ0) is 29.5. The molecule has 0 heterocycles. The number of ether oxygens (including phenoxy) is 2. The molecule has 1 fully saturated rings. The number of halogens is 2. The van der Waals surface area contributed by atoms with Gasteiger partial charge in [0.2, 0.25) is 0 Å². The molecule has 1 atom stereocenters. The van der Waals surface area contributed by atoms with Crippen molar-refractivity contribution in [3.8, 4) is 11.5 Å². The van der Waals surface area contributed by atoms with Crippen LogP contribution in [0.25, 0.3) is 0 Å². The van der Waals surface area contributed by atoms with Crippen LogP contribution in [0.2, 0.25) is 0 Å². The molecular formula is C30H38F2N2O6. The summed E-state index contributed by atoms with van der Waals surface area (Å²) in [5.74, 6) is -4.26. The molecule has 1 aliphatic carbocycles. The third-order valence-corrected chi connectivity index (χ3v) is 7.08. The maximum absolute atomic E-state index is 13.7. The molecule has 0 radical (unpaired) electrons. The first kappa shape index (κ1) is 30.8. The fourth-order valence-electron chi connectivity index (χ4n) is 5.04. The summed E-state index contributed by atoms with van der Waals surface area (Å²) in [5.41, 5.74) is 0.00250. The Kier molecular flexibility index (Phi) is 10.1. The summed E-state index contributed by atoms with van der Waals surface area (Å²) in [6, 6.07) is 11.8. The summed E-state index contributed by atoms with van der Waals surface area (Å²) in [4.78, 5) is 39.3. The molecule has 218 valence electrons. The van der Waals surface area contributed by atoms with Gasteiger partial charge in [-0.25, -0.2) is 18.4 Å². The first-order valence-corrected chi connectivity index (χ1v) is 13.6. The van der Waals surface area contributed by atoms with E-state index in [9.17, 15) is 28.3 Å². The topological polar surface area (TPSA) is 105 Å². The summed E-state index contributed by atoms with van der Waals surface area (Å²) >= 11 is 0. The molecule has 0 bridgehead atoms. The van der Waals surface area contributed by atoms with Gasteiger partial charge in [0.05, 0.1) is 19.3 Å². The number of carboxylic acids is 1. The summed E-state index contributed by atoms with van der Waals surface area (Å²) in [6.45, 7) is 7.57. The third-order valence-electron chi connectivity index (χ3n) is 7.08. The normalized spacial score (nSPS) is 15.8. The highest BCUT2D eigenvalue weighted by Crippen LogP contribution is 2.46. The number of Topliss-reactive ketones (excluding diaryl/α,β-unsaturated/α-hetero) is 1. The number of amides is 2. The van der Waals surface area contributed by atoms with Crippen LogP contribution in [0.3, 0.4) is 0 Å². The Balaban J connectivity index is 1.91. The van der Waals surface area contributed by atoms with Crippen LogP contribution in [0, 0.1) is 0 Å². The largest absolute Gasteiger partial charge is 0.493 e. The van der Waals surface area contributed by atoms with Gasteiger partial charge in [0, 0.05) is 19.4 Å². The summed E-state index contributed by atoms with van der Waals surface area (Å²) < 4.78 is 39.0. The van der Waals surface area contributed by atoms with E-state index in [1.807, 2.05) is 30.3 Å². The first-order chi connectivity index (χ1) is 18.9. The number of nitrogens with zero attached hydrogens (tertiary/aromatic N) is 1. The van der Waals surface area contributed by atoms with E-state index in [1.165, 1.54) is 11.8 Å². The molecule has 2 amide bonds. The number of carboxylic acid groups (broad SMARTS) is 1. The number of aryl methyl sites for hydroxylation is 1. The first-order valence-electron chi connectivity index (χ1n) is 13.6. The van der Waals surface area contributed by atoms with Crippen LogP contribution in [0.4, 0.5) is 13.6 Å². The van der Waals surface area contributed by atoms with Crippen LogP contribution in [-0.4, -0.2) is 59.0 Å². The Hall–Kier alpha value is -3.69. The van der Waals surface area contributed by atoms with Crippen molar-refractivity contribution in [2.45, 2.75) is 77.3 Å². The van der Waals surface area contributed by atoms with E-state index in [4.69, 9.17) is 9.47 Å². The molecule has 0 aliphatic heterocycles. The number of benzene rings is 2. The number of carbonyl (C=O) groups is 3. The lowest BCUT2D eigenvalue weighted by Crippen LogP contribution is -2.68. The van der Waals surface area contributed by atoms with Crippen molar-refractivity contribution in [1.82, 2.24) is 10.2 Å². The Morgan fingerprint density at radius 1 is 1.02 bits per heavy atom. The van der Waals surface area contributed by atoms with Gasteiger partial charge in [0.15, 0.2) is 11.3 Å². The van der Waals surface area contributed by atoms with Crippen molar-refractivity contribution in [1.29, 1.82) is 0 Å². The number of rotatable bonds is 14. The van der Waals surface area contributed by atoms with Gasteiger partial charge in [-0.3, -0.25) is 4.79 Å². The van der Waals surface area contributed by atoms with Crippen molar-refractivity contribution in [3.63, 3.8) is 0 Å². The Bertz CT molecular complexity index is 1170. The summed E-state index contributed by atoms with van der Waals surface area (Å²) in [6.07, 6.45) is 0.193. The quantitative estimate of drug-likeness (QED) is 0.216. The number of urea groups is 1. The maximum Gasteiger partial charge on any atom is 0.329 e. The minimum Gasteiger partial charge on any atom is -0.493 e. The predicted molar refractivity (Wildman–Crippen MR) is 146 cm³/mol. The van der Waals surface area contributed by atoms with Gasteiger partial charge in [-0.1, -0.05) is 30.3 Å². The van der Waals surface area contributed by atoms with E-state index >= 15 is 0 Å². The monoisotopic (exact) mass is 560 g/mol.